The summed E-state index contributed by atoms with van der Waals surface area (Å²) in [5.74, 6) is 2.00. The van der Waals surface area contributed by atoms with Gasteiger partial charge in [0, 0.05) is 0 Å². The molecule has 5 aliphatic rings. The van der Waals surface area contributed by atoms with Gasteiger partial charge in [-0.25, -0.2) is 0 Å². The topological polar surface area (TPSA) is 57.5 Å². The SMILES string of the molecule is C=C(C)C1CC[C@]2(C)CC[C@]3(C)[C@H](CC[C@@H]4[C@@]5(C)CCC(O)[C@](C)(C(=O)O)[C@@H]5CC[C@]43C)[C@@H]12. The Morgan fingerprint density at radius 3 is 2.15 bits per heavy atom. The lowest BCUT2D eigenvalue weighted by molar-refractivity contribution is -0.250. The minimum atomic E-state index is -1.02. The number of hydrogen-bond donors (Lipinski definition) is 2. The summed E-state index contributed by atoms with van der Waals surface area (Å²) >= 11 is 0. The molecule has 3 heteroatoms. The summed E-state index contributed by atoms with van der Waals surface area (Å²) < 4.78 is 0. The van der Waals surface area contributed by atoms with Crippen LogP contribution in [0.1, 0.15) is 106 Å². The molecule has 0 radical (unpaired) electrons. The van der Waals surface area contributed by atoms with Crippen molar-refractivity contribution in [3.63, 3.8) is 0 Å². The van der Waals surface area contributed by atoms with Crippen LogP contribution in [-0.2, 0) is 4.79 Å². The molecule has 0 spiro atoms. The molecule has 0 aromatic rings. The fourth-order valence-corrected chi connectivity index (χ4v) is 11.5. The molecule has 5 fully saturated rings. The van der Waals surface area contributed by atoms with Crippen molar-refractivity contribution in [2.45, 2.75) is 112 Å². The van der Waals surface area contributed by atoms with Gasteiger partial charge in [-0.2, -0.15) is 0 Å². The zero-order chi connectivity index (χ0) is 24.2. The molecule has 0 aromatic heterocycles. The minimum absolute atomic E-state index is 0.00245. The third-order valence-corrected chi connectivity index (χ3v) is 13.6. The van der Waals surface area contributed by atoms with Crippen molar-refractivity contribution < 1.29 is 15.0 Å². The molecule has 0 bridgehead atoms. The number of aliphatic hydroxyl groups is 1. The second-order valence-electron chi connectivity index (χ2n) is 14.5. The highest BCUT2D eigenvalue weighted by atomic mass is 16.4. The Morgan fingerprint density at radius 2 is 1.52 bits per heavy atom. The number of aliphatic carboxylic acids is 1. The molecule has 33 heavy (non-hydrogen) atoms. The molecule has 0 heterocycles. The smallest absolute Gasteiger partial charge is 0.312 e. The number of aliphatic hydroxyl groups excluding tert-OH is 1. The molecule has 2 N–H and O–H groups in total. The molecule has 5 aliphatic carbocycles. The highest BCUT2D eigenvalue weighted by Crippen LogP contribution is 2.77. The molecular formula is C30H48O3. The van der Waals surface area contributed by atoms with E-state index in [0.29, 0.717) is 29.1 Å². The van der Waals surface area contributed by atoms with Gasteiger partial charge >= 0.3 is 5.97 Å². The van der Waals surface area contributed by atoms with Crippen molar-refractivity contribution >= 4 is 5.97 Å². The van der Waals surface area contributed by atoms with Crippen LogP contribution < -0.4 is 0 Å². The van der Waals surface area contributed by atoms with E-state index in [0.717, 1.165) is 31.1 Å². The fourth-order valence-electron chi connectivity index (χ4n) is 11.5. The Balaban J connectivity index is 1.55. The molecule has 3 nitrogen and oxygen atoms in total. The lowest BCUT2D eigenvalue weighted by Gasteiger charge is -2.72. The highest BCUT2D eigenvalue weighted by Gasteiger charge is 2.71. The van der Waals surface area contributed by atoms with Crippen LogP contribution in [0.5, 0.6) is 0 Å². The van der Waals surface area contributed by atoms with Gasteiger partial charge in [0.05, 0.1) is 11.5 Å². The lowest BCUT2D eigenvalue weighted by atomic mass is 9.32. The van der Waals surface area contributed by atoms with E-state index in [4.69, 9.17) is 0 Å². The molecule has 11 atom stereocenters. The van der Waals surface area contributed by atoms with Crippen LogP contribution in [0.25, 0.3) is 0 Å². The van der Waals surface area contributed by atoms with Crippen LogP contribution in [0.2, 0.25) is 0 Å². The third kappa shape index (κ3) is 2.75. The first kappa shape index (κ1) is 23.9. The van der Waals surface area contributed by atoms with Crippen LogP contribution in [0, 0.1) is 56.7 Å². The monoisotopic (exact) mass is 456 g/mol. The van der Waals surface area contributed by atoms with E-state index in [2.05, 4.69) is 41.2 Å². The molecule has 0 aromatic carbocycles. The van der Waals surface area contributed by atoms with Gasteiger partial charge in [-0.15, -0.1) is 0 Å². The maximum Gasteiger partial charge on any atom is 0.312 e. The summed E-state index contributed by atoms with van der Waals surface area (Å²) in [6, 6.07) is 0. The first-order valence-electron chi connectivity index (χ1n) is 13.8. The van der Waals surface area contributed by atoms with Gasteiger partial charge in [-0.1, -0.05) is 39.8 Å². The number of carbonyl (C=O) groups is 1. The summed E-state index contributed by atoms with van der Waals surface area (Å²) in [6.45, 7) is 18.8. The normalized spacial score (nSPS) is 57.9. The molecule has 0 aliphatic heterocycles. The van der Waals surface area contributed by atoms with Gasteiger partial charge < -0.3 is 10.2 Å². The summed E-state index contributed by atoms with van der Waals surface area (Å²) in [6.07, 6.45) is 10.8. The molecule has 2 unspecified atom stereocenters. The molecule has 0 saturated heterocycles. The van der Waals surface area contributed by atoms with Gasteiger partial charge in [0.25, 0.3) is 0 Å². The Hall–Kier alpha value is -0.830. The lowest BCUT2D eigenvalue weighted by Crippen LogP contribution is -2.67. The molecule has 186 valence electrons. The van der Waals surface area contributed by atoms with E-state index < -0.39 is 17.5 Å². The zero-order valence-corrected chi connectivity index (χ0v) is 22.0. The van der Waals surface area contributed by atoms with Crippen molar-refractivity contribution in [2.75, 3.05) is 0 Å². The molecule has 0 amide bonds. The first-order chi connectivity index (χ1) is 15.3. The van der Waals surface area contributed by atoms with Crippen LogP contribution in [-0.4, -0.2) is 22.3 Å². The van der Waals surface area contributed by atoms with Crippen molar-refractivity contribution in [1.29, 1.82) is 0 Å². The Morgan fingerprint density at radius 1 is 0.818 bits per heavy atom. The Bertz CT molecular complexity index is 865. The van der Waals surface area contributed by atoms with Crippen LogP contribution in [0.15, 0.2) is 12.2 Å². The number of rotatable bonds is 2. The standard InChI is InChI=1S/C30H48O3/c1-18(2)19-10-13-26(3)16-17-28(5)20(24(19)26)8-9-21-27(4)14-12-23(31)30(7,25(32)33)22(27)11-15-29(21,28)6/h19-24,31H,1,8-17H2,2-7H3,(H,32,33)/t19?,20-,21-,22-,23?,24-,26-,27-,28-,29-,30-/m1/s1. The van der Waals surface area contributed by atoms with Gasteiger partial charge in [0.1, 0.15) is 0 Å². The van der Waals surface area contributed by atoms with Gasteiger partial charge in [0.15, 0.2) is 0 Å². The van der Waals surface area contributed by atoms with E-state index in [1.54, 1.807) is 0 Å². The van der Waals surface area contributed by atoms with Crippen molar-refractivity contribution in [3.8, 4) is 0 Å². The quantitative estimate of drug-likeness (QED) is 0.436. The second-order valence-corrected chi connectivity index (χ2v) is 14.5. The fraction of sp³-hybridized carbons (Fsp3) is 0.900. The largest absolute Gasteiger partial charge is 0.481 e. The summed E-state index contributed by atoms with van der Waals surface area (Å²) in [7, 11) is 0. The first-order valence-corrected chi connectivity index (χ1v) is 13.8. The van der Waals surface area contributed by atoms with E-state index in [-0.39, 0.29) is 16.7 Å². The Kier molecular flexibility index (Phi) is 5.15. The van der Waals surface area contributed by atoms with Crippen molar-refractivity contribution in [1.82, 2.24) is 0 Å². The van der Waals surface area contributed by atoms with E-state index in [1.807, 2.05) is 6.92 Å². The van der Waals surface area contributed by atoms with Gasteiger partial charge in [-0.3, -0.25) is 4.79 Å². The van der Waals surface area contributed by atoms with E-state index >= 15 is 0 Å². The minimum Gasteiger partial charge on any atom is -0.481 e. The maximum atomic E-state index is 12.5. The summed E-state index contributed by atoms with van der Waals surface area (Å²) in [5.41, 5.74) is 1.39. The van der Waals surface area contributed by atoms with E-state index in [9.17, 15) is 15.0 Å². The Labute approximate surface area is 201 Å². The van der Waals surface area contributed by atoms with Crippen molar-refractivity contribution in [3.05, 3.63) is 12.2 Å². The highest BCUT2D eigenvalue weighted by molar-refractivity contribution is 5.76. The number of allylic oxidation sites excluding steroid dienone is 1. The average Bonchev–Trinajstić information content (AvgIpc) is 3.09. The van der Waals surface area contributed by atoms with Crippen LogP contribution >= 0.6 is 0 Å². The van der Waals surface area contributed by atoms with Crippen LogP contribution in [0.4, 0.5) is 0 Å². The summed E-state index contributed by atoms with van der Waals surface area (Å²) in [4.78, 5) is 12.5. The number of carboxylic acid groups (broad SMARTS) is 1. The van der Waals surface area contributed by atoms with Gasteiger partial charge in [-0.05, 0) is 129 Å². The predicted octanol–water partition coefficient (Wildman–Crippen LogP) is 7.09. The van der Waals surface area contributed by atoms with E-state index in [1.165, 1.54) is 44.1 Å². The number of carboxylic acids is 1. The summed E-state index contributed by atoms with van der Waals surface area (Å²) in [5, 5.41) is 21.1. The molecule has 5 saturated carbocycles. The third-order valence-electron chi connectivity index (χ3n) is 13.6. The average molecular weight is 457 g/mol. The molecule has 5 rings (SSSR count). The number of fused-ring (bicyclic) bond motifs is 7. The predicted molar refractivity (Wildman–Crippen MR) is 133 cm³/mol. The number of hydrogen-bond acceptors (Lipinski definition) is 2. The van der Waals surface area contributed by atoms with Gasteiger partial charge in [0.2, 0.25) is 0 Å². The maximum absolute atomic E-state index is 12.5. The zero-order valence-electron chi connectivity index (χ0n) is 22.0. The van der Waals surface area contributed by atoms with Crippen LogP contribution in [0.3, 0.4) is 0 Å². The van der Waals surface area contributed by atoms with Crippen molar-refractivity contribution in [2.24, 2.45) is 56.7 Å². The molecular weight excluding hydrogens is 408 g/mol. The second kappa shape index (κ2) is 7.11.